The van der Waals surface area contributed by atoms with Gasteiger partial charge in [0.15, 0.2) is 11.5 Å². The third-order valence-electron chi connectivity index (χ3n) is 5.77. The zero-order valence-corrected chi connectivity index (χ0v) is 18.2. The molecule has 31 heavy (non-hydrogen) atoms. The molecule has 1 atom stereocenters. The molecule has 0 radical (unpaired) electrons. The largest absolute Gasteiger partial charge is 0.497 e. The summed E-state index contributed by atoms with van der Waals surface area (Å²) in [6.45, 7) is 1.42. The Hall–Kier alpha value is -3.26. The monoisotopic (exact) mass is 425 g/mol. The molecule has 1 saturated heterocycles. The van der Waals surface area contributed by atoms with E-state index in [1.54, 1.807) is 40.6 Å². The Bertz CT molecular complexity index is 1140. The lowest BCUT2D eigenvalue weighted by atomic mass is 10.0. The van der Waals surface area contributed by atoms with Crippen LogP contribution in [-0.4, -0.2) is 49.9 Å². The molecule has 3 aromatic rings. The van der Waals surface area contributed by atoms with Crippen molar-refractivity contribution in [1.82, 2.24) is 14.9 Å². The highest BCUT2D eigenvalue weighted by Gasteiger charge is 2.29. The average molecular weight is 425 g/mol. The van der Waals surface area contributed by atoms with Gasteiger partial charge in [0.1, 0.15) is 17.3 Å². The Balaban J connectivity index is 1.68. The first-order chi connectivity index (χ1) is 15.1. The lowest BCUT2D eigenvalue weighted by molar-refractivity contribution is 0.236. The number of ether oxygens (including phenoxy) is 4. The van der Waals surface area contributed by atoms with Gasteiger partial charge in [0, 0.05) is 17.7 Å². The normalized spacial score (nSPS) is 16.5. The van der Waals surface area contributed by atoms with E-state index in [-0.39, 0.29) is 11.6 Å². The van der Waals surface area contributed by atoms with Gasteiger partial charge in [0.25, 0.3) is 5.56 Å². The fourth-order valence-electron chi connectivity index (χ4n) is 4.25. The van der Waals surface area contributed by atoms with E-state index in [9.17, 15) is 4.79 Å². The fraction of sp³-hybridized carbons (Fsp3) is 0.391. The smallest absolute Gasteiger partial charge is 0.258 e. The second kappa shape index (κ2) is 8.85. The molecule has 164 valence electrons. The predicted octanol–water partition coefficient (Wildman–Crippen LogP) is 3.29. The molecular weight excluding hydrogens is 398 g/mol. The maximum atomic E-state index is 12.7. The maximum absolute atomic E-state index is 12.7. The van der Waals surface area contributed by atoms with Crippen molar-refractivity contribution in [2.75, 3.05) is 35.0 Å². The summed E-state index contributed by atoms with van der Waals surface area (Å²) in [4.78, 5) is 22.7. The van der Waals surface area contributed by atoms with Gasteiger partial charge < -0.3 is 23.9 Å². The second-order valence-electron chi connectivity index (χ2n) is 7.47. The van der Waals surface area contributed by atoms with Gasteiger partial charge in [-0.05, 0) is 43.7 Å². The van der Waals surface area contributed by atoms with Crippen molar-refractivity contribution >= 4 is 10.9 Å². The van der Waals surface area contributed by atoms with E-state index in [0.29, 0.717) is 34.8 Å². The number of nitrogens with zero attached hydrogens (tertiary/aromatic N) is 2. The Morgan fingerprint density at radius 1 is 1.00 bits per heavy atom. The minimum Gasteiger partial charge on any atom is -0.497 e. The average Bonchev–Trinajstić information content (AvgIpc) is 3.25. The molecule has 4 rings (SSSR count). The Morgan fingerprint density at radius 3 is 2.45 bits per heavy atom. The molecule has 2 aromatic carbocycles. The first-order valence-corrected chi connectivity index (χ1v) is 10.2. The van der Waals surface area contributed by atoms with Crippen molar-refractivity contribution in [3.63, 3.8) is 0 Å². The number of hydrogen-bond donors (Lipinski definition) is 1. The number of rotatable bonds is 7. The summed E-state index contributed by atoms with van der Waals surface area (Å²) in [6.07, 6.45) is 2.04. The lowest BCUT2D eigenvalue weighted by Gasteiger charge is -2.26. The number of H-pyrrole nitrogens is 1. The molecule has 8 nitrogen and oxygen atoms in total. The molecule has 1 aromatic heterocycles. The van der Waals surface area contributed by atoms with Crippen LogP contribution in [-0.2, 0) is 6.54 Å². The number of aromatic amines is 1. The van der Waals surface area contributed by atoms with E-state index in [4.69, 9.17) is 23.9 Å². The van der Waals surface area contributed by atoms with Crippen molar-refractivity contribution in [3.05, 3.63) is 52.1 Å². The van der Waals surface area contributed by atoms with Gasteiger partial charge in [-0.25, -0.2) is 4.98 Å². The summed E-state index contributed by atoms with van der Waals surface area (Å²) >= 11 is 0. The van der Waals surface area contributed by atoms with Gasteiger partial charge in [-0.1, -0.05) is 0 Å². The molecule has 0 bridgehead atoms. The molecule has 1 N–H and O–H groups in total. The van der Waals surface area contributed by atoms with Crippen molar-refractivity contribution in [2.24, 2.45) is 0 Å². The van der Waals surface area contributed by atoms with Crippen LogP contribution in [0.4, 0.5) is 0 Å². The predicted molar refractivity (Wildman–Crippen MR) is 117 cm³/mol. The van der Waals surface area contributed by atoms with Crippen LogP contribution in [0.3, 0.4) is 0 Å². The standard InChI is InChI=1S/C23H27N3O5/c1-28-14-7-8-19(29-2)16(10-14)18-6-5-9-26(18)13-22-24-17-12-21(31-4)20(30-3)11-15(17)23(27)25-22/h7-8,10-12,18H,5-6,9,13H2,1-4H3,(H,24,25,27)/t18-/m1/s1. The molecule has 0 amide bonds. The van der Waals surface area contributed by atoms with Gasteiger partial charge in [0.2, 0.25) is 0 Å². The number of aromatic nitrogens is 2. The number of methoxy groups -OCH3 is 4. The van der Waals surface area contributed by atoms with E-state index >= 15 is 0 Å². The minimum atomic E-state index is -0.198. The van der Waals surface area contributed by atoms with E-state index in [1.807, 2.05) is 18.2 Å². The first-order valence-electron chi connectivity index (χ1n) is 10.2. The summed E-state index contributed by atoms with van der Waals surface area (Å²) in [7, 11) is 6.44. The third kappa shape index (κ3) is 4.03. The fourth-order valence-corrected chi connectivity index (χ4v) is 4.25. The number of benzene rings is 2. The van der Waals surface area contributed by atoms with E-state index in [0.717, 1.165) is 36.4 Å². The zero-order valence-electron chi connectivity index (χ0n) is 18.2. The molecule has 0 aliphatic carbocycles. The van der Waals surface area contributed by atoms with E-state index in [1.165, 1.54) is 0 Å². The van der Waals surface area contributed by atoms with Crippen LogP contribution in [0.5, 0.6) is 23.0 Å². The number of nitrogens with one attached hydrogen (secondary N) is 1. The van der Waals surface area contributed by atoms with Crippen molar-refractivity contribution in [2.45, 2.75) is 25.4 Å². The van der Waals surface area contributed by atoms with Crippen LogP contribution < -0.4 is 24.5 Å². The Kier molecular flexibility index (Phi) is 5.99. The molecule has 0 unspecified atom stereocenters. The second-order valence-corrected chi connectivity index (χ2v) is 7.47. The first kappa shape index (κ1) is 21.0. The highest BCUT2D eigenvalue weighted by molar-refractivity contribution is 5.81. The van der Waals surface area contributed by atoms with Crippen LogP contribution in [0.1, 0.15) is 30.3 Å². The molecule has 2 heterocycles. The highest BCUT2D eigenvalue weighted by Crippen LogP contribution is 2.39. The zero-order chi connectivity index (χ0) is 22.0. The van der Waals surface area contributed by atoms with Crippen LogP contribution in [0.2, 0.25) is 0 Å². The van der Waals surface area contributed by atoms with Crippen LogP contribution >= 0.6 is 0 Å². The molecule has 1 aliphatic heterocycles. The summed E-state index contributed by atoms with van der Waals surface area (Å²) in [5.41, 5.74) is 1.45. The van der Waals surface area contributed by atoms with Gasteiger partial charge in [-0.3, -0.25) is 9.69 Å². The third-order valence-corrected chi connectivity index (χ3v) is 5.77. The van der Waals surface area contributed by atoms with Crippen LogP contribution in [0.25, 0.3) is 10.9 Å². The Labute approximate surface area is 180 Å². The summed E-state index contributed by atoms with van der Waals surface area (Å²) in [5.74, 6) is 3.27. The topological polar surface area (TPSA) is 85.9 Å². The van der Waals surface area contributed by atoms with Gasteiger partial charge in [0.05, 0.1) is 45.9 Å². The van der Waals surface area contributed by atoms with Crippen LogP contribution in [0, 0.1) is 0 Å². The quantitative estimate of drug-likeness (QED) is 0.622. The molecular formula is C23H27N3O5. The highest BCUT2D eigenvalue weighted by atomic mass is 16.5. The van der Waals surface area contributed by atoms with Crippen molar-refractivity contribution < 1.29 is 18.9 Å². The molecule has 1 fully saturated rings. The van der Waals surface area contributed by atoms with Crippen LogP contribution in [0.15, 0.2) is 35.1 Å². The summed E-state index contributed by atoms with van der Waals surface area (Å²) in [6, 6.07) is 9.39. The van der Waals surface area contributed by atoms with Gasteiger partial charge in [-0.2, -0.15) is 0 Å². The molecule has 1 aliphatic rings. The minimum absolute atomic E-state index is 0.149. The molecule has 0 saturated carbocycles. The van der Waals surface area contributed by atoms with E-state index < -0.39 is 0 Å². The van der Waals surface area contributed by atoms with Crippen molar-refractivity contribution in [3.8, 4) is 23.0 Å². The molecule has 0 spiro atoms. The van der Waals surface area contributed by atoms with Crippen molar-refractivity contribution in [1.29, 1.82) is 0 Å². The number of fused-ring (bicyclic) bond motifs is 1. The lowest BCUT2D eigenvalue weighted by Crippen LogP contribution is -2.26. The van der Waals surface area contributed by atoms with E-state index in [2.05, 4.69) is 9.88 Å². The SMILES string of the molecule is COc1ccc(OC)c([C@H]2CCCN2Cc2nc3cc(OC)c(OC)cc3c(=O)[nH]2)c1. The number of hydrogen-bond acceptors (Lipinski definition) is 7. The number of likely N-dealkylation sites (tertiary alicyclic amines) is 1. The Morgan fingerprint density at radius 2 is 1.74 bits per heavy atom. The van der Waals surface area contributed by atoms with Gasteiger partial charge in [-0.15, -0.1) is 0 Å². The summed E-state index contributed by atoms with van der Waals surface area (Å²) in [5, 5.41) is 0.467. The molecule has 8 heteroatoms. The maximum Gasteiger partial charge on any atom is 0.258 e. The summed E-state index contributed by atoms with van der Waals surface area (Å²) < 4.78 is 21.7. The van der Waals surface area contributed by atoms with Gasteiger partial charge >= 0.3 is 0 Å².